The third kappa shape index (κ3) is 4.39. The van der Waals surface area contributed by atoms with Crippen LogP contribution < -0.4 is 21.5 Å². The van der Waals surface area contributed by atoms with Gasteiger partial charge in [0.05, 0.1) is 25.0 Å². The van der Waals surface area contributed by atoms with Crippen LogP contribution in [0.25, 0.3) is 0 Å². The summed E-state index contributed by atoms with van der Waals surface area (Å²) in [6, 6.07) is 0.800. The number of nitrogens with zero attached hydrogens (tertiary/aromatic N) is 1. The Morgan fingerprint density at radius 1 is 1.55 bits per heavy atom. The van der Waals surface area contributed by atoms with Crippen LogP contribution in [0.4, 0.5) is 5.69 Å². The second-order valence-corrected chi connectivity index (χ2v) is 5.01. The Morgan fingerprint density at radius 3 is 2.80 bits per heavy atom. The highest BCUT2D eigenvalue weighted by Gasteiger charge is 2.16. The highest BCUT2D eigenvalue weighted by atomic mass is 32.2. The van der Waals surface area contributed by atoms with E-state index in [2.05, 4.69) is 10.3 Å². The van der Waals surface area contributed by atoms with Crippen molar-refractivity contribution in [3.8, 4) is 5.88 Å². The van der Waals surface area contributed by atoms with E-state index in [1.54, 1.807) is 11.8 Å². The fourth-order valence-corrected chi connectivity index (χ4v) is 1.96. The average molecular weight is 298 g/mol. The van der Waals surface area contributed by atoms with Gasteiger partial charge in [0.2, 0.25) is 11.8 Å². The van der Waals surface area contributed by atoms with Gasteiger partial charge in [0, 0.05) is 0 Å². The molecule has 0 aromatic carbocycles. The number of ether oxygens (including phenoxy) is 1. The minimum Gasteiger partial charge on any atom is -0.480 e. The van der Waals surface area contributed by atoms with Crippen LogP contribution in [-0.4, -0.2) is 42.0 Å². The van der Waals surface area contributed by atoms with Crippen molar-refractivity contribution in [2.45, 2.75) is 12.5 Å². The summed E-state index contributed by atoms with van der Waals surface area (Å²) < 4.78 is 4.92. The molecule has 1 atom stereocenters. The van der Waals surface area contributed by atoms with E-state index in [1.807, 2.05) is 6.26 Å². The molecule has 0 bridgehead atoms. The summed E-state index contributed by atoms with van der Waals surface area (Å²) in [5, 5.41) is 2.60. The van der Waals surface area contributed by atoms with Crippen molar-refractivity contribution < 1.29 is 14.3 Å². The first-order chi connectivity index (χ1) is 9.49. The SMILES string of the molecule is COc1ncc(NC(=O)[C@@H](N)CCSC)cc1C(N)=O. The topological polar surface area (TPSA) is 120 Å². The van der Waals surface area contributed by atoms with Gasteiger partial charge in [-0.1, -0.05) is 0 Å². The highest BCUT2D eigenvalue weighted by Crippen LogP contribution is 2.18. The Labute approximate surface area is 121 Å². The van der Waals surface area contributed by atoms with E-state index in [0.29, 0.717) is 12.1 Å². The molecule has 1 aromatic heterocycles. The molecule has 1 aromatic rings. The Kier molecular flexibility index (Phi) is 6.26. The summed E-state index contributed by atoms with van der Waals surface area (Å²) in [6.07, 6.45) is 3.89. The molecule has 0 aliphatic carbocycles. The van der Waals surface area contributed by atoms with Gasteiger partial charge in [-0.2, -0.15) is 11.8 Å². The number of carbonyl (C=O) groups is 2. The van der Waals surface area contributed by atoms with Gasteiger partial charge in [0.1, 0.15) is 5.56 Å². The summed E-state index contributed by atoms with van der Waals surface area (Å²) in [7, 11) is 1.38. The molecular formula is C12H18N4O3S. The molecule has 1 heterocycles. The van der Waals surface area contributed by atoms with Gasteiger partial charge in [-0.25, -0.2) is 4.98 Å². The smallest absolute Gasteiger partial charge is 0.254 e. The first kappa shape index (κ1) is 16.3. The van der Waals surface area contributed by atoms with Crippen molar-refractivity contribution in [3.05, 3.63) is 17.8 Å². The predicted octanol–water partition coefficient (Wildman–Crippen LogP) is 0.208. The van der Waals surface area contributed by atoms with Crippen LogP contribution in [0.3, 0.4) is 0 Å². The number of hydrogen-bond acceptors (Lipinski definition) is 6. The number of primary amides is 1. The van der Waals surface area contributed by atoms with Gasteiger partial charge in [-0.05, 0) is 24.5 Å². The van der Waals surface area contributed by atoms with Crippen molar-refractivity contribution in [1.82, 2.24) is 4.98 Å². The zero-order chi connectivity index (χ0) is 15.1. The summed E-state index contributed by atoms with van der Waals surface area (Å²) >= 11 is 1.61. The molecule has 0 saturated heterocycles. The minimum atomic E-state index is -0.683. The number of hydrogen-bond donors (Lipinski definition) is 3. The quantitative estimate of drug-likeness (QED) is 0.661. The lowest BCUT2D eigenvalue weighted by Crippen LogP contribution is -2.36. The van der Waals surface area contributed by atoms with Crippen LogP contribution in [0.1, 0.15) is 16.8 Å². The molecule has 1 rings (SSSR count). The Hall–Kier alpha value is -1.80. The van der Waals surface area contributed by atoms with Crippen LogP contribution >= 0.6 is 11.8 Å². The predicted molar refractivity (Wildman–Crippen MR) is 78.9 cm³/mol. The van der Waals surface area contributed by atoms with Crippen molar-refractivity contribution in [3.63, 3.8) is 0 Å². The molecule has 2 amide bonds. The second kappa shape index (κ2) is 7.71. The van der Waals surface area contributed by atoms with Crippen LogP contribution in [0.5, 0.6) is 5.88 Å². The van der Waals surface area contributed by atoms with Crippen molar-refractivity contribution in [1.29, 1.82) is 0 Å². The summed E-state index contributed by atoms with van der Waals surface area (Å²) in [5.41, 5.74) is 11.4. The molecule has 0 aliphatic heterocycles. The van der Waals surface area contributed by atoms with E-state index in [9.17, 15) is 9.59 Å². The van der Waals surface area contributed by atoms with E-state index < -0.39 is 11.9 Å². The second-order valence-electron chi connectivity index (χ2n) is 4.02. The number of nitrogens with two attached hydrogens (primary N) is 2. The number of amides is 2. The Balaban J connectivity index is 2.80. The Bertz CT molecular complexity index is 496. The lowest BCUT2D eigenvalue weighted by Gasteiger charge is -2.12. The van der Waals surface area contributed by atoms with Crippen LogP contribution in [0.15, 0.2) is 12.3 Å². The monoisotopic (exact) mass is 298 g/mol. The summed E-state index contributed by atoms with van der Waals surface area (Å²) in [4.78, 5) is 27.0. The number of aromatic nitrogens is 1. The maximum Gasteiger partial charge on any atom is 0.254 e. The third-order valence-electron chi connectivity index (χ3n) is 2.55. The number of rotatable bonds is 7. The molecule has 0 spiro atoms. The first-order valence-electron chi connectivity index (χ1n) is 5.88. The van der Waals surface area contributed by atoms with E-state index >= 15 is 0 Å². The fourth-order valence-electron chi connectivity index (χ4n) is 1.47. The normalized spacial score (nSPS) is 11.8. The summed E-state index contributed by atoms with van der Waals surface area (Å²) in [5.74, 6) is -0.108. The number of carbonyl (C=O) groups excluding carboxylic acids is 2. The van der Waals surface area contributed by atoms with Crippen LogP contribution in [0, 0.1) is 0 Å². The molecule has 0 fully saturated rings. The van der Waals surface area contributed by atoms with Crippen molar-refractivity contribution in [2.75, 3.05) is 24.4 Å². The fraction of sp³-hybridized carbons (Fsp3) is 0.417. The molecule has 5 N–H and O–H groups in total. The molecule has 110 valence electrons. The highest BCUT2D eigenvalue weighted by molar-refractivity contribution is 7.98. The lowest BCUT2D eigenvalue weighted by atomic mass is 10.2. The first-order valence-corrected chi connectivity index (χ1v) is 7.28. The Morgan fingerprint density at radius 2 is 2.25 bits per heavy atom. The molecule has 20 heavy (non-hydrogen) atoms. The zero-order valence-corrected chi connectivity index (χ0v) is 12.2. The molecule has 0 saturated carbocycles. The van der Waals surface area contributed by atoms with Gasteiger partial charge in [0.15, 0.2) is 0 Å². The van der Waals surface area contributed by atoms with Crippen LogP contribution in [0.2, 0.25) is 0 Å². The van der Waals surface area contributed by atoms with E-state index in [0.717, 1.165) is 5.75 Å². The molecular weight excluding hydrogens is 280 g/mol. The number of pyridine rings is 1. The van der Waals surface area contributed by atoms with Gasteiger partial charge in [0.25, 0.3) is 5.91 Å². The number of anilines is 1. The largest absolute Gasteiger partial charge is 0.480 e. The molecule has 7 nitrogen and oxygen atoms in total. The van der Waals surface area contributed by atoms with E-state index in [-0.39, 0.29) is 17.4 Å². The standard InChI is InChI=1S/C12H18N4O3S/c1-19-12-8(10(14)17)5-7(6-15-12)16-11(18)9(13)3-4-20-2/h5-6,9H,3-4,13H2,1-2H3,(H2,14,17)(H,16,18)/t9-/m0/s1. The van der Waals surface area contributed by atoms with Gasteiger partial charge < -0.3 is 21.5 Å². The molecule has 8 heteroatoms. The van der Waals surface area contributed by atoms with E-state index in [4.69, 9.17) is 16.2 Å². The van der Waals surface area contributed by atoms with E-state index in [1.165, 1.54) is 19.4 Å². The van der Waals surface area contributed by atoms with Crippen molar-refractivity contribution >= 4 is 29.3 Å². The maximum atomic E-state index is 11.8. The maximum absolute atomic E-state index is 11.8. The average Bonchev–Trinajstić information content (AvgIpc) is 2.44. The number of thioether (sulfide) groups is 1. The third-order valence-corrected chi connectivity index (χ3v) is 3.19. The zero-order valence-electron chi connectivity index (χ0n) is 11.4. The van der Waals surface area contributed by atoms with Crippen LogP contribution in [-0.2, 0) is 4.79 Å². The minimum absolute atomic E-state index is 0.1000. The summed E-state index contributed by atoms with van der Waals surface area (Å²) in [6.45, 7) is 0. The molecule has 0 unspecified atom stereocenters. The molecule has 0 radical (unpaired) electrons. The number of methoxy groups -OCH3 is 1. The molecule has 0 aliphatic rings. The number of nitrogens with one attached hydrogen (secondary N) is 1. The van der Waals surface area contributed by atoms with Gasteiger partial charge in [-0.3, -0.25) is 9.59 Å². The van der Waals surface area contributed by atoms with Crippen molar-refractivity contribution in [2.24, 2.45) is 11.5 Å². The van der Waals surface area contributed by atoms with Gasteiger partial charge >= 0.3 is 0 Å². The van der Waals surface area contributed by atoms with Gasteiger partial charge in [-0.15, -0.1) is 0 Å². The lowest BCUT2D eigenvalue weighted by molar-refractivity contribution is -0.117.